The molecule has 0 aliphatic heterocycles. The number of hydrogen-bond donors (Lipinski definition) is 2. The highest BCUT2D eigenvalue weighted by Gasteiger charge is 2.23. The molecular formula is C13H20N2O5S. The van der Waals surface area contributed by atoms with Crippen molar-refractivity contribution < 1.29 is 22.7 Å². The topological polar surface area (TPSA) is 108 Å². The van der Waals surface area contributed by atoms with Gasteiger partial charge in [0.15, 0.2) is 0 Å². The molecule has 0 aliphatic carbocycles. The van der Waals surface area contributed by atoms with Crippen LogP contribution < -0.4 is 15.2 Å². The molecule has 0 heterocycles. The van der Waals surface area contributed by atoms with Crippen molar-refractivity contribution in [2.45, 2.75) is 24.3 Å². The van der Waals surface area contributed by atoms with Crippen molar-refractivity contribution in [3.63, 3.8) is 0 Å². The molecule has 7 nitrogen and oxygen atoms in total. The number of amides is 1. The van der Waals surface area contributed by atoms with Gasteiger partial charge in [-0.1, -0.05) is 0 Å². The van der Waals surface area contributed by atoms with E-state index in [2.05, 4.69) is 5.32 Å². The monoisotopic (exact) mass is 316 g/mol. The Hall–Kier alpha value is -1.64. The molecule has 0 fully saturated rings. The normalized spacial score (nSPS) is 12.0. The summed E-state index contributed by atoms with van der Waals surface area (Å²) < 4.78 is 33.0. The Bertz CT molecular complexity index is 625. The zero-order valence-corrected chi connectivity index (χ0v) is 13.3. The zero-order chi connectivity index (χ0) is 16.3. The molecule has 0 radical (unpaired) electrons. The van der Waals surface area contributed by atoms with E-state index in [1.54, 1.807) is 13.8 Å². The largest absolute Gasteiger partial charge is 0.495 e. The average molecular weight is 316 g/mol. The minimum absolute atomic E-state index is 0.0881. The highest BCUT2D eigenvalue weighted by molar-refractivity contribution is 7.89. The number of sulfonamides is 1. The Balaban J connectivity index is 3.13. The second-order valence-corrected chi connectivity index (χ2v) is 6.71. The van der Waals surface area contributed by atoms with Crippen molar-refractivity contribution >= 4 is 15.9 Å². The number of nitrogens with two attached hydrogens (primary N) is 1. The third-order valence-corrected chi connectivity index (χ3v) is 3.62. The van der Waals surface area contributed by atoms with Crippen LogP contribution in [0.25, 0.3) is 0 Å². The number of carbonyl (C=O) groups excluding carboxylic acids is 1. The van der Waals surface area contributed by atoms with Crippen molar-refractivity contribution in [2.75, 3.05) is 20.8 Å². The number of carbonyl (C=O) groups is 1. The summed E-state index contributed by atoms with van der Waals surface area (Å²) in [6.45, 7) is 3.90. The van der Waals surface area contributed by atoms with Crippen LogP contribution in [-0.4, -0.2) is 40.7 Å². The van der Waals surface area contributed by atoms with Gasteiger partial charge >= 0.3 is 0 Å². The Morgan fingerprint density at radius 1 is 1.33 bits per heavy atom. The molecule has 0 aromatic heterocycles. The molecular weight excluding hydrogens is 296 g/mol. The highest BCUT2D eigenvalue weighted by atomic mass is 32.2. The van der Waals surface area contributed by atoms with Crippen LogP contribution in [0.1, 0.15) is 24.2 Å². The lowest BCUT2D eigenvalue weighted by atomic mass is 10.1. The minimum Gasteiger partial charge on any atom is -0.495 e. The summed E-state index contributed by atoms with van der Waals surface area (Å²) in [4.78, 5) is 11.9. The van der Waals surface area contributed by atoms with Crippen LogP contribution in [0.5, 0.6) is 5.75 Å². The van der Waals surface area contributed by atoms with E-state index >= 15 is 0 Å². The van der Waals surface area contributed by atoms with Gasteiger partial charge in [-0.25, -0.2) is 13.6 Å². The van der Waals surface area contributed by atoms with Crippen LogP contribution in [0.2, 0.25) is 0 Å². The van der Waals surface area contributed by atoms with Crippen LogP contribution in [-0.2, 0) is 14.8 Å². The predicted octanol–water partition coefficient (Wildman–Crippen LogP) is 0.497. The summed E-state index contributed by atoms with van der Waals surface area (Å²) in [5.41, 5.74) is -0.419. The molecule has 0 unspecified atom stereocenters. The number of ether oxygens (including phenoxy) is 2. The minimum atomic E-state index is -3.99. The van der Waals surface area contributed by atoms with E-state index in [0.29, 0.717) is 6.61 Å². The van der Waals surface area contributed by atoms with E-state index < -0.39 is 21.5 Å². The van der Waals surface area contributed by atoms with Gasteiger partial charge in [-0.2, -0.15) is 0 Å². The quantitative estimate of drug-likeness (QED) is 0.794. The number of benzene rings is 1. The molecule has 21 heavy (non-hydrogen) atoms. The molecule has 0 atom stereocenters. The second-order valence-electron chi connectivity index (χ2n) is 5.18. The summed E-state index contributed by atoms with van der Waals surface area (Å²) in [5, 5.41) is 7.87. The SMILES string of the molecule is COCC(C)(C)NC(=O)c1ccc(OC)c(S(N)(=O)=O)c1. The van der Waals surface area contributed by atoms with Crippen molar-refractivity contribution in [1.29, 1.82) is 0 Å². The van der Waals surface area contributed by atoms with Crippen molar-refractivity contribution in [2.24, 2.45) is 5.14 Å². The second kappa shape index (κ2) is 6.42. The molecule has 1 aromatic rings. The average Bonchev–Trinajstić information content (AvgIpc) is 2.36. The molecule has 0 saturated heterocycles. The molecule has 0 aliphatic rings. The first-order chi connectivity index (χ1) is 9.60. The Labute approximate surface area is 124 Å². The van der Waals surface area contributed by atoms with Crippen molar-refractivity contribution in [1.82, 2.24) is 5.32 Å². The molecule has 0 spiro atoms. The van der Waals surface area contributed by atoms with Crippen LogP contribution in [0.3, 0.4) is 0 Å². The molecule has 1 rings (SSSR count). The van der Waals surface area contributed by atoms with Gasteiger partial charge in [0, 0.05) is 12.7 Å². The lowest BCUT2D eigenvalue weighted by molar-refractivity contribution is 0.0819. The molecule has 1 amide bonds. The number of methoxy groups -OCH3 is 2. The summed E-state index contributed by atoms with van der Waals surface area (Å²) in [5.74, 6) is -0.338. The van der Waals surface area contributed by atoms with E-state index in [1.807, 2.05) is 0 Å². The molecule has 3 N–H and O–H groups in total. The van der Waals surface area contributed by atoms with Crippen LogP contribution in [0.15, 0.2) is 23.1 Å². The molecule has 1 aromatic carbocycles. The maximum absolute atomic E-state index is 12.2. The first kappa shape index (κ1) is 17.4. The molecule has 8 heteroatoms. The van der Waals surface area contributed by atoms with E-state index in [0.717, 1.165) is 0 Å². The van der Waals surface area contributed by atoms with Gasteiger partial charge in [0.25, 0.3) is 5.91 Å². The third kappa shape index (κ3) is 4.69. The van der Waals surface area contributed by atoms with Gasteiger partial charge in [-0.3, -0.25) is 4.79 Å². The lowest BCUT2D eigenvalue weighted by Gasteiger charge is -2.25. The highest BCUT2D eigenvalue weighted by Crippen LogP contribution is 2.24. The number of rotatable bonds is 6. The van der Waals surface area contributed by atoms with Gasteiger partial charge < -0.3 is 14.8 Å². The fourth-order valence-corrected chi connectivity index (χ4v) is 2.54. The molecule has 0 bridgehead atoms. The van der Waals surface area contributed by atoms with Gasteiger partial charge in [0.2, 0.25) is 10.0 Å². The predicted molar refractivity (Wildman–Crippen MR) is 77.8 cm³/mol. The lowest BCUT2D eigenvalue weighted by Crippen LogP contribution is -2.46. The third-order valence-electron chi connectivity index (χ3n) is 2.69. The Morgan fingerprint density at radius 3 is 2.43 bits per heavy atom. The van der Waals surface area contributed by atoms with E-state index in [-0.39, 0.29) is 16.2 Å². The summed E-state index contributed by atoms with van der Waals surface area (Å²) in [7, 11) is -1.13. The fourth-order valence-electron chi connectivity index (χ4n) is 1.82. The molecule has 0 saturated carbocycles. The maximum atomic E-state index is 12.2. The van der Waals surface area contributed by atoms with Crippen molar-refractivity contribution in [3.05, 3.63) is 23.8 Å². The first-order valence-electron chi connectivity index (χ1n) is 6.13. The Morgan fingerprint density at radius 2 is 1.95 bits per heavy atom. The van der Waals surface area contributed by atoms with Gasteiger partial charge in [-0.05, 0) is 32.0 Å². The number of primary sulfonamides is 1. The van der Waals surface area contributed by atoms with Gasteiger partial charge in [-0.15, -0.1) is 0 Å². The van der Waals surface area contributed by atoms with E-state index in [9.17, 15) is 13.2 Å². The van der Waals surface area contributed by atoms with Crippen LogP contribution >= 0.6 is 0 Å². The summed E-state index contributed by atoms with van der Waals surface area (Å²) >= 11 is 0. The van der Waals surface area contributed by atoms with Gasteiger partial charge in [0.1, 0.15) is 10.6 Å². The van der Waals surface area contributed by atoms with Gasteiger partial charge in [0.05, 0.1) is 19.3 Å². The Kier molecular flexibility index (Phi) is 5.32. The summed E-state index contributed by atoms with van der Waals surface area (Å²) in [6, 6.07) is 4.04. The van der Waals surface area contributed by atoms with Crippen LogP contribution in [0, 0.1) is 0 Å². The molecule has 118 valence electrons. The first-order valence-corrected chi connectivity index (χ1v) is 7.67. The number of hydrogen-bond acceptors (Lipinski definition) is 5. The fraction of sp³-hybridized carbons (Fsp3) is 0.462. The number of nitrogens with one attached hydrogen (secondary N) is 1. The maximum Gasteiger partial charge on any atom is 0.251 e. The standard InChI is InChI=1S/C13H20N2O5S/c1-13(2,8-19-3)15-12(16)9-5-6-10(20-4)11(7-9)21(14,17)18/h5-7H,8H2,1-4H3,(H,15,16)(H2,14,17,18). The van der Waals surface area contributed by atoms with Crippen molar-refractivity contribution in [3.8, 4) is 5.75 Å². The smallest absolute Gasteiger partial charge is 0.251 e. The summed E-state index contributed by atoms with van der Waals surface area (Å²) in [6.07, 6.45) is 0. The zero-order valence-electron chi connectivity index (χ0n) is 12.5. The van der Waals surface area contributed by atoms with Crippen LogP contribution in [0.4, 0.5) is 0 Å². The van der Waals surface area contributed by atoms with E-state index in [1.165, 1.54) is 32.4 Å². The van der Waals surface area contributed by atoms with E-state index in [4.69, 9.17) is 14.6 Å².